The number of aryl methyl sites for hydroxylation is 1. The van der Waals surface area contributed by atoms with Crippen LogP contribution in [0.25, 0.3) is 0 Å². The van der Waals surface area contributed by atoms with Crippen molar-refractivity contribution in [2.24, 2.45) is 0 Å². The van der Waals surface area contributed by atoms with E-state index in [0.717, 1.165) is 22.4 Å². The third-order valence-corrected chi connectivity index (χ3v) is 7.31. The number of aliphatic hydroxyl groups excluding tert-OH is 1. The van der Waals surface area contributed by atoms with Crippen LogP contribution in [0.1, 0.15) is 34.7 Å². The van der Waals surface area contributed by atoms with Crippen LogP contribution in [0, 0.1) is 6.92 Å². The molecular weight excluding hydrogens is 496 g/mol. The van der Waals surface area contributed by atoms with Gasteiger partial charge in [0.15, 0.2) is 0 Å². The van der Waals surface area contributed by atoms with E-state index >= 15 is 0 Å². The molecule has 1 aromatic heterocycles. The van der Waals surface area contributed by atoms with Crippen LogP contribution in [0.5, 0.6) is 5.75 Å². The Morgan fingerprint density at radius 3 is 2.10 bits per heavy atom. The highest BCUT2D eigenvalue weighted by Crippen LogP contribution is 2.41. The van der Waals surface area contributed by atoms with Crippen molar-refractivity contribution >= 4 is 0 Å². The van der Waals surface area contributed by atoms with Crippen LogP contribution in [-0.4, -0.2) is 47.2 Å². The van der Waals surface area contributed by atoms with Gasteiger partial charge in [-0.3, -0.25) is 14.3 Å². The van der Waals surface area contributed by atoms with E-state index in [2.05, 4.69) is 4.98 Å². The minimum absolute atomic E-state index is 0.100. The van der Waals surface area contributed by atoms with Gasteiger partial charge in [0.1, 0.15) is 17.5 Å². The molecule has 0 spiro atoms. The largest absolute Gasteiger partial charge is 0.497 e. The predicted molar refractivity (Wildman–Crippen MR) is 147 cm³/mol. The number of hydrogen-bond acceptors (Lipinski definition) is 6. The van der Waals surface area contributed by atoms with Gasteiger partial charge < -0.3 is 19.3 Å². The number of aliphatic hydroxyl groups is 1. The maximum atomic E-state index is 12.4. The summed E-state index contributed by atoms with van der Waals surface area (Å²) in [5, 5.41) is 11.1. The summed E-state index contributed by atoms with van der Waals surface area (Å²) in [5.41, 5.74) is 1.26. The average molecular weight is 529 g/mol. The lowest BCUT2D eigenvalue weighted by Crippen LogP contribution is -2.46. The van der Waals surface area contributed by atoms with Gasteiger partial charge in [0.2, 0.25) is 0 Å². The Morgan fingerprint density at radius 2 is 1.54 bits per heavy atom. The first-order valence-electron chi connectivity index (χ1n) is 12.9. The Hall–Kier alpha value is -3.98. The first kappa shape index (κ1) is 26.6. The second-order valence-electron chi connectivity index (χ2n) is 9.76. The number of hydrogen-bond donors (Lipinski definition) is 2. The molecule has 0 unspecified atom stereocenters. The Balaban J connectivity index is 1.46. The highest BCUT2D eigenvalue weighted by Gasteiger charge is 2.40. The lowest BCUT2D eigenvalue weighted by molar-refractivity contribution is -0.141. The number of methoxy groups -OCH3 is 1. The third-order valence-electron chi connectivity index (χ3n) is 7.31. The monoisotopic (exact) mass is 528 g/mol. The summed E-state index contributed by atoms with van der Waals surface area (Å²) in [7, 11) is 1.63. The van der Waals surface area contributed by atoms with Crippen molar-refractivity contribution in [1.82, 2.24) is 9.55 Å². The van der Waals surface area contributed by atoms with Crippen LogP contribution in [0.3, 0.4) is 0 Å². The van der Waals surface area contributed by atoms with Gasteiger partial charge >= 0.3 is 5.69 Å². The molecule has 1 aliphatic heterocycles. The van der Waals surface area contributed by atoms with Gasteiger partial charge in [0.05, 0.1) is 32.5 Å². The maximum Gasteiger partial charge on any atom is 0.328 e. The number of H-pyrrole nitrogens is 1. The molecule has 2 N–H and O–H groups in total. The van der Waals surface area contributed by atoms with Crippen LogP contribution >= 0.6 is 0 Å². The number of nitrogens with zero attached hydrogens (tertiary/aromatic N) is 1. The van der Waals surface area contributed by atoms with Gasteiger partial charge in [0.25, 0.3) is 5.56 Å². The van der Waals surface area contributed by atoms with Crippen molar-refractivity contribution in [1.29, 1.82) is 0 Å². The van der Waals surface area contributed by atoms with Gasteiger partial charge in [-0.25, -0.2) is 4.79 Å². The lowest BCUT2D eigenvalue weighted by atomic mass is 9.80. The molecule has 4 aromatic rings. The van der Waals surface area contributed by atoms with Gasteiger partial charge in [-0.1, -0.05) is 72.8 Å². The van der Waals surface area contributed by atoms with E-state index in [9.17, 15) is 14.7 Å². The molecule has 1 saturated heterocycles. The summed E-state index contributed by atoms with van der Waals surface area (Å²) in [4.78, 5) is 26.5. The smallest absolute Gasteiger partial charge is 0.328 e. The average Bonchev–Trinajstić information content (AvgIpc) is 2.97. The SMILES string of the molecule is COc1ccc(C(OC[C@H]2OC[C@@H](n3cc(C)c(=O)[nH]c3=O)C[C@@H]2O)(c2ccccc2)c2ccccc2)cc1. The van der Waals surface area contributed by atoms with Crippen LogP contribution in [0.15, 0.2) is 101 Å². The fourth-order valence-electron chi connectivity index (χ4n) is 5.18. The minimum Gasteiger partial charge on any atom is -0.497 e. The first-order chi connectivity index (χ1) is 18.9. The van der Waals surface area contributed by atoms with Crippen molar-refractivity contribution in [2.75, 3.05) is 20.3 Å². The summed E-state index contributed by atoms with van der Waals surface area (Å²) in [6.45, 7) is 1.93. The number of benzene rings is 3. The highest BCUT2D eigenvalue weighted by molar-refractivity contribution is 5.48. The molecule has 2 heterocycles. The fourth-order valence-corrected chi connectivity index (χ4v) is 5.18. The summed E-state index contributed by atoms with van der Waals surface area (Å²) in [6, 6.07) is 27.3. The Morgan fingerprint density at radius 1 is 0.949 bits per heavy atom. The van der Waals surface area contributed by atoms with Crippen molar-refractivity contribution < 1.29 is 19.3 Å². The van der Waals surface area contributed by atoms with E-state index in [-0.39, 0.29) is 19.6 Å². The normalized spacial score (nSPS) is 19.5. The third kappa shape index (κ3) is 5.31. The number of rotatable bonds is 8. The van der Waals surface area contributed by atoms with Crippen molar-refractivity contribution in [3.05, 3.63) is 134 Å². The molecule has 1 fully saturated rings. The van der Waals surface area contributed by atoms with Crippen LogP contribution in [-0.2, 0) is 15.1 Å². The predicted octanol–water partition coefficient (Wildman–Crippen LogP) is 3.55. The summed E-state index contributed by atoms with van der Waals surface area (Å²) < 4.78 is 19.7. The molecule has 0 aliphatic carbocycles. The molecule has 0 amide bonds. The van der Waals surface area contributed by atoms with E-state index in [0.29, 0.717) is 5.56 Å². The summed E-state index contributed by atoms with van der Waals surface area (Å²) >= 11 is 0. The minimum atomic E-state index is -0.984. The molecule has 202 valence electrons. The van der Waals surface area contributed by atoms with E-state index < -0.39 is 35.1 Å². The van der Waals surface area contributed by atoms with Crippen molar-refractivity contribution in [3.8, 4) is 5.75 Å². The van der Waals surface area contributed by atoms with E-state index in [1.807, 2.05) is 84.9 Å². The zero-order valence-corrected chi connectivity index (χ0v) is 21.9. The van der Waals surface area contributed by atoms with Crippen LogP contribution in [0.4, 0.5) is 0 Å². The van der Waals surface area contributed by atoms with E-state index in [1.54, 1.807) is 14.0 Å². The van der Waals surface area contributed by atoms with Crippen LogP contribution < -0.4 is 16.0 Å². The van der Waals surface area contributed by atoms with Gasteiger partial charge in [0, 0.05) is 11.8 Å². The molecule has 8 heteroatoms. The molecule has 0 bridgehead atoms. The highest BCUT2D eigenvalue weighted by atomic mass is 16.6. The number of nitrogens with one attached hydrogen (secondary N) is 1. The summed E-state index contributed by atoms with van der Waals surface area (Å²) in [6.07, 6.45) is 0.290. The molecule has 3 aromatic carbocycles. The molecule has 8 nitrogen and oxygen atoms in total. The number of ether oxygens (including phenoxy) is 3. The van der Waals surface area contributed by atoms with Crippen molar-refractivity contribution in [2.45, 2.75) is 37.2 Å². The number of aromatic amines is 1. The second kappa shape index (κ2) is 11.4. The topological polar surface area (TPSA) is 103 Å². The second-order valence-corrected chi connectivity index (χ2v) is 9.76. The zero-order valence-electron chi connectivity index (χ0n) is 21.9. The Bertz CT molecular complexity index is 1460. The Labute approximate surface area is 226 Å². The summed E-state index contributed by atoms with van der Waals surface area (Å²) in [5.74, 6) is 0.735. The van der Waals surface area contributed by atoms with Crippen molar-refractivity contribution in [3.63, 3.8) is 0 Å². The molecule has 0 radical (unpaired) electrons. The van der Waals surface area contributed by atoms with E-state index in [1.165, 1.54) is 10.8 Å². The maximum absolute atomic E-state index is 12.4. The molecule has 5 rings (SSSR count). The molecule has 3 atom stereocenters. The van der Waals surface area contributed by atoms with Gasteiger partial charge in [-0.15, -0.1) is 0 Å². The standard InChI is InChI=1S/C31H32N2O6/c1-21-18-33(30(36)32-29(21)35)25-17-27(34)28(38-19-25)20-39-31(22-9-5-3-6-10-22,23-11-7-4-8-12-23)24-13-15-26(37-2)16-14-24/h3-16,18,25,27-28,34H,17,19-20H2,1-2H3,(H,32,35,36)/t25-,27-,28+/m0/s1. The first-order valence-corrected chi connectivity index (χ1v) is 12.9. The lowest BCUT2D eigenvalue weighted by Gasteiger charge is -2.39. The van der Waals surface area contributed by atoms with Gasteiger partial charge in [-0.2, -0.15) is 0 Å². The molecular formula is C31H32N2O6. The number of aromatic nitrogens is 2. The quantitative estimate of drug-likeness (QED) is 0.339. The van der Waals surface area contributed by atoms with Crippen LogP contribution in [0.2, 0.25) is 0 Å². The zero-order chi connectivity index (χ0) is 27.4. The van der Waals surface area contributed by atoms with Gasteiger partial charge in [-0.05, 0) is 42.2 Å². The van der Waals surface area contributed by atoms with E-state index in [4.69, 9.17) is 14.2 Å². The molecule has 1 aliphatic rings. The molecule has 39 heavy (non-hydrogen) atoms. The molecule has 0 saturated carbocycles. The fraction of sp³-hybridized carbons (Fsp3) is 0.290. The Kier molecular flexibility index (Phi) is 7.79.